The molecule has 1 aromatic carbocycles. The summed E-state index contributed by atoms with van der Waals surface area (Å²) >= 11 is 1.45. The Morgan fingerprint density at radius 2 is 1.82 bits per heavy atom. The van der Waals surface area contributed by atoms with Crippen molar-refractivity contribution in [3.8, 4) is 0 Å². The minimum absolute atomic E-state index is 0.207. The van der Waals surface area contributed by atoms with E-state index < -0.39 is 10.0 Å². The SMILES string of the molecule is CCc1nn2c(S(=O)(=O)N3CCN(c4cc(C)ccc4C)CC3)c(C)nc2s1. The Balaban J connectivity index is 1.60. The van der Waals surface area contributed by atoms with Gasteiger partial charge in [0.25, 0.3) is 10.0 Å². The Hall–Kier alpha value is -1.97. The molecule has 1 fully saturated rings. The summed E-state index contributed by atoms with van der Waals surface area (Å²) in [7, 11) is -3.64. The molecule has 0 amide bonds. The molecule has 28 heavy (non-hydrogen) atoms. The van der Waals surface area contributed by atoms with Gasteiger partial charge in [0.1, 0.15) is 5.01 Å². The average Bonchev–Trinajstić information content (AvgIpc) is 3.19. The van der Waals surface area contributed by atoms with Crippen LogP contribution in [0.25, 0.3) is 4.96 Å². The van der Waals surface area contributed by atoms with Gasteiger partial charge in [-0.05, 0) is 44.4 Å². The van der Waals surface area contributed by atoms with Crippen LogP contribution < -0.4 is 4.90 Å². The topological polar surface area (TPSA) is 70.8 Å². The number of aryl methyl sites for hydroxylation is 4. The summed E-state index contributed by atoms with van der Waals surface area (Å²) in [6.45, 7) is 10.2. The summed E-state index contributed by atoms with van der Waals surface area (Å²) in [6, 6.07) is 6.39. The second-order valence-corrected chi connectivity index (χ2v) is 10.1. The molecule has 0 spiro atoms. The van der Waals surface area contributed by atoms with Gasteiger partial charge >= 0.3 is 0 Å². The minimum Gasteiger partial charge on any atom is -0.369 e. The number of rotatable bonds is 4. The van der Waals surface area contributed by atoms with Crippen molar-refractivity contribution in [2.75, 3.05) is 31.1 Å². The molecule has 1 aliphatic rings. The van der Waals surface area contributed by atoms with Gasteiger partial charge in [0, 0.05) is 31.9 Å². The molecule has 0 N–H and O–H groups in total. The highest BCUT2D eigenvalue weighted by molar-refractivity contribution is 7.89. The predicted molar refractivity (Wildman–Crippen MR) is 112 cm³/mol. The largest absolute Gasteiger partial charge is 0.369 e. The number of imidazole rings is 1. The second-order valence-electron chi connectivity index (χ2n) is 7.23. The average molecular weight is 420 g/mol. The van der Waals surface area contributed by atoms with E-state index in [2.05, 4.69) is 47.0 Å². The first-order chi connectivity index (χ1) is 13.3. The number of nitrogens with zero attached hydrogens (tertiary/aromatic N) is 5. The van der Waals surface area contributed by atoms with Crippen LogP contribution in [-0.2, 0) is 16.4 Å². The first kappa shape index (κ1) is 19.4. The van der Waals surface area contributed by atoms with Gasteiger partial charge in [-0.15, -0.1) is 0 Å². The van der Waals surface area contributed by atoms with Gasteiger partial charge < -0.3 is 4.90 Å². The fourth-order valence-electron chi connectivity index (χ4n) is 3.66. The number of aromatic nitrogens is 3. The van der Waals surface area contributed by atoms with Gasteiger partial charge in [-0.3, -0.25) is 0 Å². The van der Waals surface area contributed by atoms with E-state index in [-0.39, 0.29) is 5.03 Å². The van der Waals surface area contributed by atoms with Crippen molar-refractivity contribution < 1.29 is 8.42 Å². The zero-order valence-corrected chi connectivity index (χ0v) is 18.3. The fraction of sp³-hybridized carbons (Fsp3) is 0.474. The molecule has 0 aliphatic carbocycles. The van der Waals surface area contributed by atoms with Gasteiger partial charge in [0.15, 0.2) is 5.03 Å². The molecule has 1 saturated heterocycles. The molecule has 4 rings (SSSR count). The van der Waals surface area contributed by atoms with Crippen LogP contribution in [0, 0.1) is 20.8 Å². The van der Waals surface area contributed by atoms with Crippen LogP contribution in [0.2, 0.25) is 0 Å². The lowest BCUT2D eigenvalue weighted by molar-refractivity contribution is 0.382. The quantitative estimate of drug-likeness (QED) is 0.650. The molecule has 0 unspecified atom stereocenters. The van der Waals surface area contributed by atoms with Gasteiger partial charge in [0.05, 0.1) is 5.69 Å². The molecular weight excluding hydrogens is 394 g/mol. The van der Waals surface area contributed by atoms with E-state index in [1.165, 1.54) is 32.7 Å². The smallest absolute Gasteiger partial charge is 0.262 e. The number of benzene rings is 1. The van der Waals surface area contributed by atoms with E-state index >= 15 is 0 Å². The van der Waals surface area contributed by atoms with Crippen LogP contribution in [0.5, 0.6) is 0 Å². The van der Waals surface area contributed by atoms with Crippen molar-refractivity contribution in [1.82, 2.24) is 18.9 Å². The third-order valence-electron chi connectivity index (χ3n) is 5.20. The molecular formula is C19H25N5O2S2. The molecule has 0 atom stereocenters. The van der Waals surface area contributed by atoms with E-state index in [0.29, 0.717) is 36.8 Å². The van der Waals surface area contributed by atoms with Crippen LogP contribution >= 0.6 is 11.3 Å². The normalized spacial score (nSPS) is 16.2. The standard InChI is InChI=1S/C19H25N5O2S2/c1-5-17-21-24-18(15(4)20-19(24)27-17)28(25,26)23-10-8-22(9-11-23)16-12-13(2)6-7-14(16)3/h6-7,12H,5,8-11H2,1-4H3. The van der Waals surface area contributed by atoms with E-state index in [1.807, 2.05) is 6.92 Å². The first-order valence-corrected chi connectivity index (χ1v) is 11.7. The van der Waals surface area contributed by atoms with Crippen LogP contribution in [0.4, 0.5) is 5.69 Å². The zero-order chi connectivity index (χ0) is 20.1. The molecule has 7 nitrogen and oxygen atoms in total. The van der Waals surface area contributed by atoms with Gasteiger partial charge in [-0.1, -0.05) is 30.4 Å². The third kappa shape index (κ3) is 3.21. The molecule has 2 aromatic heterocycles. The lowest BCUT2D eigenvalue weighted by atomic mass is 10.1. The lowest BCUT2D eigenvalue weighted by Crippen LogP contribution is -2.49. The molecule has 0 saturated carbocycles. The van der Waals surface area contributed by atoms with Crippen molar-refractivity contribution in [3.63, 3.8) is 0 Å². The van der Waals surface area contributed by atoms with Crippen LogP contribution in [0.3, 0.4) is 0 Å². The van der Waals surface area contributed by atoms with Crippen molar-refractivity contribution in [2.24, 2.45) is 0 Å². The summed E-state index contributed by atoms with van der Waals surface area (Å²) in [5, 5.41) is 5.55. The van der Waals surface area contributed by atoms with E-state index in [0.717, 1.165) is 11.4 Å². The molecule has 150 valence electrons. The molecule has 3 aromatic rings. The van der Waals surface area contributed by atoms with Crippen LogP contribution in [-0.4, -0.2) is 53.5 Å². The maximum atomic E-state index is 13.4. The zero-order valence-electron chi connectivity index (χ0n) is 16.6. The Morgan fingerprint density at radius 1 is 1.11 bits per heavy atom. The maximum Gasteiger partial charge on any atom is 0.262 e. The number of anilines is 1. The van der Waals surface area contributed by atoms with Crippen LogP contribution in [0.15, 0.2) is 23.2 Å². The summed E-state index contributed by atoms with van der Waals surface area (Å²) in [4.78, 5) is 7.34. The Morgan fingerprint density at radius 3 is 2.50 bits per heavy atom. The molecule has 1 aliphatic heterocycles. The second kappa shape index (κ2) is 7.13. The maximum absolute atomic E-state index is 13.4. The fourth-order valence-corrected chi connectivity index (χ4v) is 6.25. The Labute approximate surface area is 169 Å². The summed E-state index contributed by atoms with van der Waals surface area (Å²) in [5.41, 5.74) is 4.12. The van der Waals surface area contributed by atoms with Crippen molar-refractivity contribution >= 4 is 32.0 Å². The monoisotopic (exact) mass is 419 g/mol. The summed E-state index contributed by atoms with van der Waals surface area (Å²) in [6.07, 6.45) is 0.765. The number of fused-ring (bicyclic) bond motifs is 1. The number of hydrogen-bond acceptors (Lipinski definition) is 6. The molecule has 0 radical (unpaired) electrons. The Kier molecular flexibility index (Phi) is 4.93. The van der Waals surface area contributed by atoms with E-state index in [4.69, 9.17) is 0 Å². The summed E-state index contributed by atoms with van der Waals surface area (Å²) < 4.78 is 29.8. The third-order valence-corrected chi connectivity index (χ3v) is 8.25. The number of sulfonamides is 1. The van der Waals surface area contributed by atoms with Crippen molar-refractivity contribution in [3.05, 3.63) is 40.0 Å². The number of piperazine rings is 1. The van der Waals surface area contributed by atoms with Gasteiger partial charge in [0.2, 0.25) is 4.96 Å². The van der Waals surface area contributed by atoms with Crippen LogP contribution in [0.1, 0.15) is 28.8 Å². The van der Waals surface area contributed by atoms with Crippen molar-refractivity contribution in [2.45, 2.75) is 39.1 Å². The highest BCUT2D eigenvalue weighted by atomic mass is 32.2. The molecule has 0 bridgehead atoms. The van der Waals surface area contributed by atoms with Gasteiger partial charge in [-0.2, -0.15) is 13.9 Å². The van der Waals surface area contributed by atoms with Gasteiger partial charge in [-0.25, -0.2) is 13.4 Å². The first-order valence-electron chi connectivity index (χ1n) is 9.48. The molecule has 9 heteroatoms. The summed E-state index contributed by atoms with van der Waals surface area (Å²) in [5.74, 6) is 0. The predicted octanol–water partition coefficient (Wildman–Crippen LogP) is 2.79. The lowest BCUT2D eigenvalue weighted by Gasteiger charge is -2.36. The van der Waals surface area contributed by atoms with E-state index in [9.17, 15) is 8.42 Å². The van der Waals surface area contributed by atoms with E-state index in [1.54, 1.807) is 11.2 Å². The minimum atomic E-state index is -3.64. The number of hydrogen-bond donors (Lipinski definition) is 0. The van der Waals surface area contributed by atoms with Crippen molar-refractivity contribution in [1.29, 1.82) is 0 Å². The molecule has 3 heterocycles. The highest BCUT2D eigenvalue weighted by Crippen LogP contribution is 2.28. The Bertz CT molecular complexity index is 1120. The highest BCUT2D eigenvalue weighted by Gasteiger charge is 2.34.